The summed E-state index contributed by atoms with van der Waals surface area (Å²) in [5.41, 5.74) is -1.10. The monoisotopic (exact) mass is 464 g/mol. The van der Waals surface area contributed by atoms with Gasteiger partial charge in [-0.25, -0.2) is 13.2 Å². The van der Waals surface area contributed by atoms with Crippen LogP contribution in [0.3, 0.4) is 0 Å². The molecular formula is C22H28N2O5S2. The molecule has 0 radical (unpaired) electrons. The fourth-order valence-corrected chi connectivity index (χ4v) is 6.54. The van der Waals surface area contributed by atoms with E-state index in [0.29, 0.717) is 19.6 Å². The number of morpholine rings is 1. The molecule has 9 heteroatoms. The normalized spacial score (nSPS) is 24.1. The van der Waals surface area contributed by atoms with Gasteiger partial charge in [0.15, 0.2) is 0 Å². The number of nitrogens with one attached hydrogen (secondary N) is 1. The number of nitrogens with zero attached hydrogens (tertiary/aromatic N) is 1. The van der Waals surface area contributed by atoms with E-state index in [-0.39, 0.29) is 10.1 Å². The molecule has 2 fully saturated rings. The molecule has 1 aromatic carbocycles. The van der Waals surface area contributed by atoms with Gasteiger partial charge < -0.3 is 14.4 Å². The van der Waals surface area contributed by atoms with E-state index in [9.17, 15) is 13.2 Å². The van der Waals surface area contributed by atoms with E-state index < -0.39 is 27.1 Å². The van der Waals surface area contributed by atoms with E-state index in [1.165, 1.54) is 11.3 Å². The van der Waals surface area contributed by atoms with Crippen molar-refractivity contribution < 1.29 is 22.7 Å². The van der Waals surface area contributed by atoms with Gasteiger partial charge >= 0.3 is 5.97 Å². The Balaban J connectivity index is 1.59. The molecular weight excluding hydrogens is 436 g/mol. The molecule has 2 aromatic rings. The van der Waals surface area contributed by atoms with Crippen LogP contribution in [-0.4, -0.2) is 51.8 Å². The van der Waals surface area contributed by atoms with E-state index in [0.717, 1.165) is 23.7 Å². The number of thiophene rings is 1. The Labute approximate surface area is 187 Å². The second-order valence-electron chi connectivity index (χ2n) is 8.94. The van der Waals surface area contributed by atoms with E-state index in [4.69, 9.17) is 9.47 Å². The molecule has 1 aromatic heterocycles. The van der Waals surface area contributed by atoms with Crippen LogP contribution in [0, 0.1) is 0 Å². The molecule has 1 saturated heterocycles. The molecule has 1 aliphatic heterocycles. The molecule has 0 bridgehead atoms. The van der Waals surface area contributed by atoms with Gasteiger partial charge in [0.05, 0.1) is 18.2 Å². The third-order valence-corrected chi connectivity index (χ3v) is 8.54. The van der Waals surface area contributed by atoms with Gasteiger partial charge in [-0.15, -0.1) is 11.3 Å². The number of hydrogen-bond acceptors (Lipinski definition) is 7. The lowest BCUT2D eigenvalue weighted by atomic mass is 10.1. The largest absolute Gasteiger partial charge is 0.459 e. The van der Waals surface area contributed by atoms with Crippen LogP contribution in [0.5, 0.6) is 0 Å². The summed E-state index contributed by atoms with van der Waals surface area (Å²) in [7, 11) is -3.91. The first-order valence-corrected chi connectivity index (χ1v) is 12.7. The number of hydrogen-bond donors (Lipinski definition) is 1. The van der Waals surface area contributed by atoms with Crippen molar-refractivity contribution in [1.82, 2.24) is 4.72 Å². The molecule has 2 unspecified atom stereocenters. The van der Waals surface area contributed by atoms with Crippen LogP contribution in [0.15, 0.2) is 46.7 Å². The fourth-order valence-electron chi connectivity index (χ4n) is 3.80. The minimum absolute atomic E-state index is 0.190. The van der Waals surface area contributed by atoms with Crippen LogP contribution >= 0.6 is 11.3 Å². The molecule has 168 valence electrons. The van der Waals surface area contributed by atoms with E-state index in [2.05, 4.69) is 9.62 Å². The second-order valence-corrected chi connectivity index (χ2v) is 11.9. The standard InChI is InChI=1S/C22H28N2O5S2/c1-21(2,3)29-20(25)22(15-17(22)16-7-5-4-6-8-16)23-31(26,27)19-10-9-18(30-19)24-11-13-28-14-12-24/h4-10,17,23H,11-15H2,1-3H3. The summed E-state index contributed by atoms with van der Waals surface area (Å²) in [5.74, 6) is -0.806. The fraction of sp³-hybridized carbons (Fsp3) is 0.500. The molecule has 31 heavy (non-hydrogen) atoms. The second kappa shape index (κ2) is 8.20. The minimum Gasteiger partial charge on any atom is -0.459 e. The van der Waals surface area contributed by atoms with Crippen LogP contribution < -0.4 is 9.62 Å². The Morgan fingerprint density at radius 1 is 1.16 bits per heavy atom. The lowest BCUT2D eigenvalue weighted by Crippen LogP contribution is -2.47. The first-order chi connectivity index (χ1) is 14.6. The molecule has 2 aliphatic rings. The molecule has 0 amide bonds. The number of sulfonamides is 1. The maximum Gasteiger partial charge on any atom is 0.328 e. The Bertz CT molecular complexity index is 1040. The highest BCUT2D eigenvalue weighted by molar-refractivity contribution is 7.91. The summed E-state index contributed by atoms with van der Waals surface area (Å²) >= 11 is 1.20. The summed E-state index contributed by atoms with van der Waals surface area (Å²) in [5, 5.41) is 0.880. The predicted molar refractivity (Wildman–Crippen MR) is 120 cm³/mol. The summed E-state index contributed by atoms with van der Waals surface area (Å²) in [4.78, 5) is 15.2. The number of benzene rings is 1. The summed E-state index contributed by atoms with van der Waals surface area (Å²) < 4.78 is 40.4. The van der Waals surface area contributed by atoms with Gasteiger partial charge in [0.2, 0.25) is 0 Å². The lowest BCUT2D eigenvalue weighted by Gasteiger charge is -2.27. The first-order valence-electron chi connectivity index (χ1n) is 10.4. The SMILES string of the molecule is CC(C)(C)OC(=O)C1(NS(=O)(=O)c2ccc(N3CCOCC3)s2)CC1c1ccccc1. The smallest absolute Gasteiger partial charge is 0.328 e. The Morgan fingerprint density at radius 3 is 2.48 bits per heavy atom. The van der Waals surface area contributed by atoms with Crippen LogP contribution in [0.2, 0.25) is 0 Å². The van der Waals surface area contributed by atoms with Gasteiger partial charge in [0, 0.05) is 19.0 Å². The van der Waals surface area contributed by atoms with E-state index >= 15 is 0 Å². The zero-order chi connectivity index (χ0) is 22.3. The van der Waals surface area contributed by atoms with Crippen molar-refractivity contribution in [2.75, 3.05) is 31.2 Å². The van der Waals surface area contributed by atoms with Crippen molar-refractivity contribution in [1.29, 1.82) is 0 Å². The van der Waals surface area contributed by atoms with Gasteiger partial charge in [-0.2, -0.15) is 4.72 Å². The third-order valence-electron chi connectivity index (χ3n) is 5.40. The molecule has 2 atom stereocenters. The molecule has 4 rings (SSSR count). The van der Waals surface area contributed by atoms with Gasteiger partial charge in [0.25, 0.3) is 10.0 Å². The molecule has 1 aliphatic carbocycles. The van der Waals surface area contributed by atoms with Crippen molar-refractivity contribution in [2.45, 2.75) is 48.5 Å². The van der Waals surface area contributed by atoms with Gasteiger partial charge in [-0.1, -0.05) is 30.3 Å². The maximum atomic E-state index is 13.3. The maximum absolute atomic E-state index is 13.3. The van der Waals surface area contributed by atoms with Crippen LogP contribution in [0.4, 0.5) is 5.00 Å². The van der Waals surface area contributed by atoms with Gasteiger partial charge in [0.1, 0.15) is 15.3 Å². The quantitative estimate of drug-likeness (QED) is 0.661. The Kier molecular flexibility index (Phi) is 5.89. The van der Waals surface area contributed by atoms with E-state index in [1.807, 2.05) is 36.4 Å². The Hall–Kier alpha value is -1.94. The number of rotatable bonds is 6. The average Bonchev–Trinajstić information content (AvgIpc) is 3.20. The number of carbonyl (C=O) groups is 1. The third kappa shape index (κ3) is 4.79. The highest BCUT2D eigenvalue weighted by Crippen LogP contribution is 2.53. The van der Waals surface area contributed by atoms with Crippen molar-refractivity contribution >= 4 is 32.3 Å². The highest BCUT2D eigenvalue weighted by atomic mass is 32.2. The van der Waals surface area contributed by atoms with Crippen LogP contribution in [0.1, 0.15) is 38.7 Å². The number of ether oxygens (including phenoxy) is 2. The van der Waals surface area contributed by atoms with Gasteiger partial charge in [-0.3, -0.25) is 0 Å². The number of esters is 1. The Morgan fingerprint density at radius 2 is 1.84 bits per heavy atom. The zero-order valence-electron chi connectivity index (χ0n) is 18.0. The van der Waals surface area contributed by atoms with E-state index in [1.54, 1.807) is 26.8 Å². The predicted octanol–water partition coefficient (Wildman–Crippen LogP) is 3.13. The number of anilines is 1. The molecule has 2 heterocycles. The first kappa shape index (κ1) is 22.3. The molecule has 0 spiro atoms. The highest BCUT2D eigenvalue weighted by Gasteiger charge is 2.64. The minimum atomic E-state index is -3.91. The number of carbonyl (C=O) groups excluding carboxylic acids is 1. The summed E-state index contributed by atoms with van der Waals surface area (Å²) in [6, 6.07) is 12.9. The van der Waals surface area contributed by atoms with Gasteiger partial charge in [-0.05, 0) is 44.9 Å². The average molecular weight is 465 g/mol. The van der Waals surface area contributed by atoms with Crippen molar-refractivity contribution in [3.05, 3.63) is 48.0 Å². The van der Waals surface area contributed by atoms with Crippen molar-refractivity contribution in [3.8, 4) is 0 Å². The summed E-state index contributed by atoms with van der Waals surface area (Å²) in [6.45, 7) is 8.04. The van der Waals surface area contributed by atoms with Crippen molar-refractivity contribution in [2.24, 2.45) is 0 Å². The molecule has 1 saturated carbocycles. The molecule has 1 N–H and O–H groups in total. The lowest BCUT2D eigenvalue weighted by molar-refractivity contribution is -0.158. The summed E-state index contributed by atoms with van der Waals surface area (Å²) in [6.07, 6.45) is 0.368. The molecule has 7 nitrogen and oxygen atoms in total. The van der Waals surface area contributed by atoms with Crippen LogP contribution in [0.25, 0.3) is 0 Å². The zero-order valence-corrected chi connectivity index (χ0v) is 19.6. The van der Waals surface area contributed by atoms with Crippen molar-refractivity contribution in [3.63, 3.8) is 0 Å². The topological polar surface area (TPSA) is 84.9 Å². The van der Waals surface area contributed by atoms with Crippen LogP contribution in [-0.2, 0) is 24.3 Å².